The summed E-state index contributed by atoms with van der Waals surface area (Å²) in [6, 6.07) is 0.310. The Balaban J connectivity index is 1.47. The highest BCUT2D eigenvalue weighted by molar-refractivity contribution is 5.17. The van der Waals surface area contributed by atoms with E-state index in [0.29, 0.717) is 6.04 Å². The number of aromatic nitrogens is 2. The van der Waals surface area contributed by atoms with E-state index in [4.69, 9.17) is 9.51 Å². The van der Waals surface area contributed by atoms with Crippen LogP contribution in [0, 0.1) is 17.8 Å². The molecular formula is C16H23N3O. The maximum Gasteiger partial charge on any atom is 0.243 e. The molecule has 2 heterocycles. The van der Waals surface area contributed by atoms with Crippen molar-refractivity contribution < 1.29 is 4.52 Å². The minimum absolute atomic E-state index is 0.273. The lowest BCUT2D eigenvalue weighted by Crippen LogP contribution is -2.49. The first-order valence-electron chi connectivity index (χ1n) is 8.38. The van der Waals surface area contributed by atoms with Gasteiger partial charge in [-0.1, -0.05) is 5.16 Å². The summed E-state index contributed by atoms with van der Waals surface area (Å²) in [6.45, 7) is 1.08. The van der Waals surface area contributed by atoms with E-state index in [2.05, 4.69) is 10.5 Å². The monoisotopic (exact) mass is 273 g/mol. The van der Waals surface area contributed by atoms with E-state index in [0.717, 1.165) is 42.4 Å². The SMILES string of the molecule is C1CNC(c2nc(C34CC5CC(CC(C5)C3)C4)no2)C1. The van der Waals surface area contributed by atoms with Crippen LogP contribution in [0.1, 0.15) is 69.1 Å². The fraction of sp³-hybridized carbons (Fsp3) is 0.875. The van der Waals surface area contributed by atoms with E-state index in [9.17, 15) is 0 Å². The van der Waals surface area contributed by atoms with Gasteiger partial charge in [0, 0.05) is 5.41 Å². The summed E-state index contributed by atoms with van der Waals surface area (Å²) in [5.41, 5.74) is 0.273. The quantitative estimate of drug-likeness (QED) is 0.900. The molecule has 5 aliphatic rings. The molecule has 1 unspecified atom stereocenters. The molecule has 1 aromatic heterocycles. The highest BCUT2D eigenvalue weighted by atomic mass is 16.5. The van der Waals surface area contributed by atoms with Crippen molar-refractivity contribution in [3.05, 3.63) is 11.7 Å². The second-order valence-electron chi connectivity index (χ2n) is 7.80. The van der Waals surface area contributed by atoms with Gasteiger partial charge in [-0.3, -0.25) is 0 Å². The molecule has 4 bridgehead atoms. The molecule has 0 spiro atoms. The normalized spacial score (nSPS) is 46.2. The molecular weight excluding hydrogens is 250 g/mol. The Bertz CT molecular complexity index is 482. The Morgan fingerprint density at radius 1 is 1.05 bits per heavy atom. The summed E-state index contributed by atoms with van der Waals surface area (Å²) in [6.07, 6.45) is 10.7. The van der Waals surface area contributed by atoms with Gasteiger partial charge >= 0.3 is 0 Å². The molecule has 4 heteroatoms. The molecule has 0 aromatic carbocycles. The molecule has 1 atom stereocenters. The predicted octanol–water partition coefficient (Wildman–Crippen LogP) is 2.96. The van der Waals surface area contributed by atoms with E-state index < -0.39 is 0 Å². The van der Waals surface area contributed by atoms with Crippen LogP contribution in [0.2, 0.25) is 0 Å². The molecule has 1 aromatic rings. The Morgan fingerprint density at radius 3 is 2.35 bits per heavy atom. The van der Waals surface area contributed by atoms with Gasteiger partial charge in [0.2, 0.25) is 5.89 Å². The Labute approximate surface area is 119 Å². The van der Waals surface area contributed by atoms with Gasteiger partial charge in [0.1, 0.15) is 0 Å². The van der Waals surface area contributed by atoms with Crippen LogP contribution in [-0.2, 0) is 5.41 Å². The predicted molar refractivity (Wildman–Crippen MR) is 74.1 cm³/mol. The number of nitrogens with one attached hydrogen (secondary N) is 1. The van der Waals surface area contributed by atoms with Gasteiger partial charge in [-0.05, 0) is 75.7 Å². The van der Waals surface area contributed by atoms with Crippen molar-refractivity contribution in [2.24, 2.45) is 17.8 Å². The van der Waals surface area contributed by atoms with Crippen LogP contribution < -0.4 is 5.32 Å². The van der Waals surface area contributed by atoms with Crippen molar-refractivity contribution >= 4 is 0 Å². The van der Waals surface area contributed by atoms with Gasteiger partial charge in [-0.25, -0.2) is 0 Å². The van der Waals surface area contributed by atoms with E-state index in [1.165, 1.54) is 44.9 Å². The third kappa shape index (κ3) is 1.63. The molecule has 6 rings (SSSR count). The first kappa shape index (κ1) is 11.7. The van der Waals surface area contributed by atoms with E-state index in [1.807, 2.05) is 0 Å². The third-order valence-electron chi connectivity index (χ3n) is 6.31. The maximum absolute atomic E-state index is 5.61. The fourth-order valence-corrected chi connectivity index (χ4v) is 5.87. The molecule has 0 radical (unpaired) electrons. The zero-order chi connectivity index (χ0) is 13.2. The first-order valence-corrected chi connectivity index (χ1v) is 8.38. The minimum atomic E-state index is 0.273. The zero-order valence-corrected chi connectivity index (χ0v) is 12.0. The average Bonchev–Trinajstić information content (AvgIpc) is 3.09. The van der Waals surface area contributed by atoms with Crippen LogP contribution in [-0.4, -0.2) is 16.7 Å². The minimum Gasteiger partial charge on any atom is -0.338 e. The summed E-state index contributed by atoms with van der Waals surface area (Å²) in [5.74, 6) is 4.70. The number of hydrogen-bond donors (Lipinski definition) is 1. The van der Waals surface area contributed by atoms with Gasteiger partial charge in [0.25, 0.3) is 0 Å². The van der Waals surface area contributed by atoms with E-state index in [-0.39, 0.29) is 5.41 Å². The number of rotatable bonds is 2. The molecule has 1 saturated heterocycles. The molecule has 4 nitrogen and oxygen atoms in total. The van der Waals surface area contributed by atoms with Gasteiger partial charge in [0.15, 0.2) is 5.82 Å². The lowest BCUT2D eigenvalue weighted by atomic mass is 9.49. The number of nitrogens with zero attached hydrogens (tertiary/aromatic N) is 2. The van der Waals surface area contributed by atoms with Crippen molar-refractivity contribution in [3.8, 4) is 0 Å². The summed E-state index contributed by atoms with van der Waals surface area (Å²) in [4.78, 5) is 4.84. The second-order valence-corrected chi connectivity index (χ2v) is 7.80. The Morgan fingerprint density at radius 2 is 1.75 bits per heavy atom. The van der Waals surface area contributed by atoms with Gasteiger partial charge in [-0.2, -0.15) is 4.98 Å². The van der Waals surface area contributed by atoms with Crippen LogP contribution in [0.5, 0.6) is 0 Å². The van der Waals surface area contributed by atoms with E-state index in [1.54, 1.807) is 0 Å². The molecule has 4 saturated carbocycles. The molecule has 4 aliphatic carbocycles. The molecule has 5 fully saturated rings. The highest BCUT2D eigenvalue weighted by Gasteiger charge is 2.53. The first-order chi connectivity index (χ1) is 9.81. The maximum atomic E-state index is 5.61. The Kier molecular flexibility index (Phi) is 2.38. The van der Waals surface area contributed by atoms with E-state index >= 15 is 0 Å². The lowest BCUT2D eigenvalue weighted by molar-refractivity contribution is -0.0103. The summed E-state index contributed by atoms with van der Waals surface area (Å²) < 4.78 is 5.61. The van der Waals surface area contributed by atoms with Crippen LogP contribution in [0.15, 0.2) is 4.52 Å². The molecule has 20 heavy (non-hydrogen) atoms. The summed E-state index contributed by atoms with van der Waals surface area (Å²) in [7, 11) is 0. The van der Waals surface area contributed by atoms with Crippen LogP contribution in [0.4, 0.5) is 0 Å². The second kappa shape index (κ2) is 4.06. The van der Waals surface area contributed by atoms with Crippen molar-refractivity contribution in [1.29, 1.82) is 0 Å². The van der Waals surface area contributed by atoms with Crippen LogP contribution in [0.25, 0.3) is 0 Å². The topological polar surface area (TPSA) is 51.0 Å². The lowest BCUT2D eigenvalue weighted by Gasteiger charge is -2.55. The standard InChI is InChI=1S/C16H23N3O/c1-2-13(17-3-1)14-18-15(19-20-14)16-7-10-4-11(8-16)6-12(5-10)9-16/h10-13,17H,1-9H2. The largest absolute Gasteiger partial charge is 0.338 e. The molecule has 0 amide bonds. The van der Waals surface area contributed by atoms with Crippen LogP contribution in [0.3, 0.4) is 0 Å². The zero-order valence-electron chi connectivity index (χ0n) is 12.0. The smallest absolute Gasteiger partial charge is 0.243 e. The van der Waals surface area contributed by atoms with Crippen molar-refractivity contribution in [2.45, 2.75) is 62.8 Å². The third-order valence-corrected chi connectivity index (χ3v) is 6.31. The van der Waals surface area contributed by atoms with Crippen molar-refractivity contribution in [2.75, 3.05) is 6.54 Å². The highest BCUT2D eigenvalue weighted by Crippen LogP contribution is 2.60. The van der Waals surface area contributed by atoms with Gasteiger partial charge < -0.3 is 9.84 Å². The van der Waals surface area contributed by atoms with Crippen molar-refractivity contribution in [1.82, 2.24) is 15.5 Å². The van der Waals surface area contributed by atoms with Gasteiger partial charge in [0.05, 0.1) is 6.04 Å². The molecule has 1 N–H and O–H groups in total. The Hall–Kier alpha value is -0.900. The van der Waals surface area contributed by atoms with Crippen LogP contribution >= 0.6 is 0 Å². The van der Waals surface area contributed by atoms with Crippen molar-refractivity contribution in [3.63, 3.8) is 0 Å². The summed E-state index contributed by atoms with van der Waals surface area (Å²) >= 11 is 0. The summed E-state index contributed by atoms with van der Waals surface area (Å²) in [5, 5.41) is 7.89. The average molecular weight is 273 g/mol. The number of hydrogen-bond acceptors (Lipinski definition) is 4. The van der Waals surface area contributed by atoms with Gasteiger partial charge in [-0.15, -0.1) is 0 Å². The fourth-order valence-electron chi connectivity index (χ4n) is 5.87. The molecule has 108 valence electrons. The molecule has 1 aliphatic heterocycles.